The molecule has 6 heteroatoms. The van der Waals surface area contributed by atoms with E-state index in [1.54, 1.807) is 7.11 Å². The van der Waals surface area contributed by atoms with Crippen LogP contribution in [0, 0.1) is 13.8 Å². The van der Waals surface area contributed by atoms with Crippen LogP contribution in [0.25, 0.3) is 5.69 Å². The van der Waals surface area contributed by atoms with Gasteiger partial charge in [0.05, 0.1) is 24.9 Å². The first-order valence-corrected chi connectivity index (χ1v) is 10.8. The quantitative estimate of drug-likeness (QED) is 0.576. The molecule has 1 aromatic carbocycles. The third-order valence-corrected chi connectivity index (χ3v) is 6.13. The summed E-state index contributed by atoms with van der Waals surface area (Å²) in [6.07, 6.45) is 2.88. The highest BCUT2D eigenvalue weighted by Crippen LogP contribution is 2.41. The number of rotatable bonds is 6. The Bertz CT molecular complexity index is 1030. The Balaban J connectivity index is 1.80. The van der Waals surface area contributed by atoms with Gasteiger partial charge < -0.3 is 19.5 Å². The van der Waals surface area contributed by atoms with E-state index >= 15 is 0 Å². The molecule has 2 aromatic heterocycles. The molecule has 1 N–H and O–H groups in total. The van der Waals surface area contributed by atoms with Crippen LogP contribution in [0.15, 0.2) is 54.7 Å². The smallest absolute Gasteiger partial charge is 0.170 e. The predicted octanol–water partition coefficient (Wildman–Crippen LogP) is 4.88. The zero-order chi connectivity index (χ0) is 21.3. The number of methoxy groups -OCH3 is 1. The third-order valence-electron chi connectivity index (χ3n) is 5.78. The average molecular weight is 421 g/mol. The summed E-state index contributed by atoms with van der Waals surface area (Å²) in [6.45, 7) is 7.44. The maximum atomic E-state index is 5.73. The van der Waals surface area contributed by atoms with Crippen LogP contribution >= 0.6 is 12.2 Å². The van der Waals surface area contributed by atoms with Crippen LogP contribution in [-0.2, 0) is 0 Å². The normalized spacial score (nSPS) is 18.5. The average Bonchev–Trinajstić information content (AvgIpc) is 3.24. The van der Waals surface area contributed by atoms with Crippen molar-refractivity contribution in [3.05, 3.63) is 77.4 Å². The van der Waals surface area contributed by atoms with Crippen LogP contribution in [-0.4, -0.2) is 33.2 Å². The number of thiocarbonyl (C=S) groups is 1. The SMILES string of the molecule is CCCN1C(=S)N[C@@H](c2ccccn2)[C@H]1c1cc(C)n(-c2ccc(OC)cc2)c1C. The molecule has 1 aliphatic rings. The Hall–Kier alpha value is -2.86. The molecule has 1 aliphatic heterocycles. The molecule has 4 rings (SSSR count). The largest absolute Gasteiger partial charge is 0.497 e. The van der Waals surface area contributed by atoms with Crippen LogP contribution < -0.4 is 10.1 Å². The molecule has 0 saturated carbocycles. The molecule has 0 radical (unpaired) electrons. The van der Waals surface area contributed by atoms with Gasteiger partial charge in [0.1, 0.15) is 5.75 Å². The highest BCUT2D eigenvalue weighted by Gasteiger charge is 2.40. The van der Waals surface area contributed by atoms with Crippen molar-refractivity contribution in [2.75, 3.05) is 13.7 Å². The molecule has 2 atom stereocenters. The van der Waals surface area contributed by atoms with Gasteiger partial charge in [-0.1, -0.05) is 13.0 Å². The lowest BCUT2D eigenvalue weighted by atomic mass is 9.96. The minimum Gasteiger partial charge on any atom is -0.497 e. The van der Waals surface area contributed by atoms with Gasteiger partial charge in [0, 0.05) is 29.8 Å². The number of aromatic nitrogens is 2. The second kappa shape index (κ2) is 8.48. The lowest BCUT2D eigenvalue weighted by Crippen LogP contribution is -2.30. The molecule has 0 unspecified atom stereocenters. The number of nitrogens with zero attached hydrogens (tertiary/aromatic N) is 3. The first-order chi connectivity index (χ1) is 14.5. The number of benzene rings is 1. The topological polar surface area (TPSA) is 42.3 Å². The summed E-state index contributed by atoms with van der Waals surface area (Å²) in [5, 5.41) is 4.33. The predicted molar refractivity (Wildman–Crippen MR) is 124 cm³/mol. The molecule has 0 aliphatic carbocycles. The maximum Gasteiger partial charge on any atom is 0.170 e. The van der Waals surface area contributed by atoms with Crippen molar-refractivity contribution in [3.8, 4) is 11.4 Å². The van der Waals surface area contributed by atoms with E-state index in [1.807, 2.05) is 30.5 Å². The Morgan fingerprint density at radius 1 is 1.13 bits per heavy atom. The van der Waals surface area contributed by atoms with Gasteiger partial charge in [-0.2, -0.15) is 0 Å². The summed E-state index contributed by atoms with van der Waals surface area (Å²) in [4.78, 5) is 6.95. The monoisotopic (exact) mass is 420 g/mol. The van der Waals surface area contributed by atoms with E-state index in [-0.39, 0.29) is 12.1 Å². The molecule has 0 amide bonds. The zero-order valence-corrected chi connectivity index (χ0v) is 18.7. The lowest BCUT2D eigenvalue weighted by molar-refractivity contribution is 0.316. The molecule has 156 valence electrons. The second-order valence-electron chi connectivity index (χ2n) is 7.68. The molecular weight excluding hydrogens is 392 g/mol. The molecule has 5 nitrogen and oxygen atoms in total. The highest BCUT2D eigenvalue weighted by molar-refractivity contribution is 7.80. The number of aryl methyl sites for hydroxylation is 1. The molecule has 3 heterocycles. The number of pyridine rings is 1. The number of ether oxygens (including phenoxy) is 1. The molecule has 0 spiro atoms. The maximum absolute atomic E-state index is 5.73. The fourth-order valence-corrected chi connectivity index (χ4v) is 4.77. The van der Waals surface area contributed by atoms with Gasteiger partial charge >= 0.3 is 0 Å². The third kappa shape index (κ3) is 3.56. The van der Waals surface area contributed by atoms with Crippen molar-refractivity contribution in [3.63, 3.8) is 0 Å². The van der Waals surface area contributed by atoms with Gasteiger partial charge in [-0.3, -0.25) is 4.98 Å². The van der Waals surface area contributed by atoms with Crippen LogP contribution in [0.3, 0.4) is 0 Å². The van der Waals surface area contributed by atoms with Crippen LogP contribution in [0.2, 0.25) is 0 Å². The fourth-order valence-electron chi connectivity index (χ4n) is 4.44. The van der Waals surface area contributed by atoms with E-state index in [2.05, 4.69) is 64.8 Å². The number of nitrogens with one attached hydrogen (secondary N) is 1. The van der Waals surface area contributed by atoms with Crippen molar-refractivity contribution in [2.24, 2.45) is 0 Å². The Morgan fingerprint density at radius 3 is 2.53 bits per heavy atom. The Kier molecular flexibility index (Phi) is 5.77. The minimum atomic E-state index is 0.0232. The highest BCUT2D eigenvalue weighted by atomic mass is 32.1. The molecule has 1 fully saturated rings. The van der Waals surface area contributed by atoms with Gasteiger partial charge in [0.15, 0.2) is 5.11 Å². The summed E-state index contributed by atoms with van der Waals surface area (Å²) in [6, 6.07) is 16.7. The first-order valence-electron chi connectivity index (χ1n) is 10.4. The second-order valence-corrected chi connectivity index (χ2v) is 8.07. The summed E-state index contributed by atoms with van der Waals surface area (Å²) >= 11 is 5.73. The summed E-state index contributed by atoms with van der Waals surface area (Å²) in [5.74, 6) is 0.858. The lowest BCUT2D eigenvalue weighted by Gasteiger charge is -2.27. The van der Waals surface area contributed by atoms with E-state index in [0.717, 1.165) is 35.2 Å². The summed E-state index contributed by atoms with van der Waals surface area (Å²) in [7, 11) is 1.69. The van der Waals surface area contributed by atoms with E-state index in [4.69, 9.17) is 17.0 Å². The van der Waals surface area contributed by atoms with Gasteiger partial charge in [-0.15, -0.1) is 0 Å². The van der Waals surface area contributed by atoms with Crippen molar-refractivity contribution >= 4 is 17.3 Å². The molecule has 1 saturated heterocycles. The van der Waals surface area contributed by atoms with E-state index < -0.39 is 0 Å². The summed E-state index contributed by atoms with van der Waals surface area (Å²) < 4.78 is 7.62. The van der Waals surface area contributed by atoms with Crippen LogP contribution in [0.1, 0.15) is 48.1 Å². The fraction of sp³-hybridized carbons (Fsp3) is 0.333. The number of hydrogen-bond donors (Lipinski definition) is 1. The first kappa shape index (κ1) is 20.4. The van der Waals surface area contributed by atoms with Crippen molar-refractivity contribution in [2.45, 2.75) is 39.3 Å². The van der Waals surface area contributed by atoms with Gasteiger partial charge in [-0.25, -0.2) is 0 Å². The van der Waals surface area contributed by atoms with E-state index in [9.17, 15) is 0 Å². The standard InChI is InChI=1S/C24H28N4OS/c1-5-14-27-23(22(26-24(27)30)21-8-6-7-13-25-21)20-15-16(2)28(17(20)3)18-9-11-19(29-4)12-10-18/h6-13,15,22-23H,5,14H2,1-4H3,(H,26,30)/t22-,23+/m0/s1. The van der Waals surface area contributed by atoms with Crippen molar-refractivity contribution in [1.82, 2.24) is 19.8 Å². The zero-order valence-electron chi connectivity index (χ0n) is 17.9. The minimum absolute atomic E-state index is 0.0232. The van der Waals surface area contributed by atoms with Gasteiger partial charge in [-0.05, 0) is 80.5 Å². The van der Waals surface area contributed by atoms with Crippen LogP contribution in [0.4, 0.5) is 0 Å². The molecule has 3 aromatic rings. The van der Waals surface area contributed by atoms with E-state index in [1.165, 1.54) is 17.0 Å². The summed E-state index contributed by atoms with van der Waals surface area (Å²) in [5.41, 5.74) is 5.83. The Labute approximate surface area is 183 Å². The van der Waals surface area contributed by atoms with Gasteiger partial charge in [0.25, 0.3) is 0 Å². The molecular formula is C24H28N4OS. The number of hydrogen-bond acceptors (Lipinski definition) is 3. The Morgan fingerprint density at radius 2 is 1.90 bits per heavy atom. The van der Waals surface area contributed by atoms with Crippen molar-refractivity contribution < 1.29 is 4.74 Å². The molecule has 0 bridgehead atoms. The molecule has 30 heavy (non-hydrogen) atoms. The van der Waals surface area contributed by atoms with Gasteiger partial charge in [0.2, 0.25) is 0 Å². The van der Waals surface area contributed by atoms with E-state index in [0.29, 0.717) is 0 Å². The van der Waals surface area contributed by atoms with Crippen molar-refractivity contribution in [1.29, 1.82) is 0 Å². The van der Waals surface area contributed by atoms with Crippen LogP contribution in [0.5, 0.6) is 5.75 Å².